The Hall–Kier alpha value is -0.700. The number of fused-ring (bicyclic) bond motifs is 3. The van der Waals surface area contributed by atoms with Gasteiger partial charge in [0.1, 0.15) is 15.9 Å². The predicted molar refractivity (Wildman–Crippen MR) is 70.9 cm³/mol. The van der Waals surface area contributed by atoms with Crippen LogP contribution in [0.1, 0.15) is 18.2 Å². The molecule has 17 heavy (non-hydrogen) atoms. The average Bonchev–Trinajstić information content (AvgIpc) is 2.65. The zero-order valence-corrected chi connectivity index (χ0v) is 11.2. The van der Waals surface area contributed by atoms with Crippen molar-refractivity contribution in [1.29, 1.82) is 0 Å². The first-order chi connectivity index (χ1) is 8.08. The van der Waals surface area contributed by atoms with Gasteiger partial charge in [0.15, 0.2) is 10.7 Å². The molecule has 1 aliphatic carbocycles. The van der Waals surface area contributed by atoms with E-state index in [2.05, 4.69) is 18.0 Å². The van der Waals surface area contributed by atoms with Gasteiger partial charge in [0.2, 0.25) is 0 Å². The van der Waals surface area contributed by atoms with Crippen LogP contribution in [0.4, 0.5) is 0 Å². The van der Waals surface area contributed by atoms with Crippen molar-refractivity contribution in [3.8, 4) is 0 Å². The summed E-state index contributed by atoms with van der Waals surface area (Å²) in [5.74, 6) is 1.25. The van der Waals surface area contributed by atoms with Gasteiger partial charge in [0.25, 0.3) is 0 Å². The Bertz CT molecular complexity index is 645. The molecule has 0 bridgehead atoms. The summed E-state index contributed by atoms with van der Waals surface area (Å²) in [5, 5.41) is 1.63. The van der Waals surface area contributed by atoms with Crippen LogP contribution in [-0.2, 0) is 6.42 Å². The molecule has 1 aliphatic rings. The van der Waals surface area contributed by atoms with Gasteiger partial charge >= 0.3 is 0 Å². The van der Waals surface area contributed by atoms with E-state index in [1.54, 1.807) is 0 Å². The highest BCUT2D eigenvalue weighted by atomic mass is 35.5. The second kappa shape index (κ2) is 3.91. The van der Waals surface area contributed by atoms with Crippen LogP contribution in [0.15, 0.2) is 10.5 Å². The quantitative estimate of drug-likeness (QED) is 0.638. The maximum absolute atomic E-state index is 6.12. The molecule has 0 N–H and O–H groups in total. The molecule has 88 valence electrons. The fraction of sp³-hybridized carbons (Fsp3) is 0.250. The van der Waals surface area contributed by atoms with Crippen LogP contribution >= 0.6 is 34.8 Å². The van der Waals surface area contributed by atoms with Gasteiger partial charge in [-0.2, -0.15) is 0 Å². The molecule has 0 saturated carbocycles. The van der Waals surface area contributed by atoms with E-state index in [1.165, 1.54) is 0 Å². The Morgan fingerprint density at radius 2 is 2.06 bits per heavy atom. The lowest BCUT2D eigenvalue weighted by molar-refractivity contribution is 0.584. The second-order valence-corrected chi connectivity index (χ2v) is 5.29. The number of hydrogen-bond donors (Lipinski definition) is 0. The van der Waals surface area contributed by atoms with Crippen molar-refractivity contribution in [2.24, 2.45) is 5.92 Å². The summed E-state index contributed by atoms with van der Waals surface area (Å²) >= 11 is 18.1. The summed E-state index contributed by atoms with van der Waals surface area (Å²) < 4.78 is 5.70. The van der Waals surface area contributed by atoms with Gasteiger partial charge in [-0.15, -0.1) is 0 Å². The molecular formula is C12H8Cl3NO. The van der Waals surface area contributed by atoms with Crippen molar-refractivity contribution in [3.05, 3.63) is 32.7 Å². The molecule has 0 aliphatic heterocycles. The Balaban J connectivity index is 2.41. The van der Waals surface area contributed by atoms with Crippen LogP contribution in [0.3, 0.4) is 0 Å². The molecule has 0 radical (unpaired) electrons. The maximum atomic E-state index is 6.12. The fourth-order valence-corrected chi connectivity index (χ4v) is 2.79. The molecular weight excluding hydrogens is 280 g/mol. The van der Waals surface area contributed by atoms with Crippen LogP contribution in [0.25, 0.3) is 17.0 Å². The van der Waals surface area contributed by atoms with Crippen molar-refractivity contribution in [2.45, 2.75) is 13.3 Å². The molecule has 2 heterocycles. The van der Waals surface area contributed by atoms with E-state index in [-0.39, 0.29) is 5.15 Å². The molecule has 2 nitrogen and oxygen atoms in total. The molecule has 1 atom stereocenters. The summed E-state index contributed by atoms with van der Waals surface area (Å²) in [7, 11) is 0. The zero-order valence-electron chi connectivity index (χ0n) is 8.93. The average molecular weight is 289 g/mol. The van der Waals surface area contributed by atoms with Crippen LogP contribution in [0.5, 0.6) is 0 Å². The van der Waals surface area contributed by atoms with Gasteiger partial charge in [-0.3, -0.25) is 0 Å². The van der Waals surface area contributed by atoms with Crippen molar-refractivity contribution in [2.75, 3.05) is 0 Å². The van der Waals surface area contributed by atoms with Gasteiger partial charge in [-0.1, -0.05) is 47.8 Å². The zero-order chi connectivity index (χ0) is 12.2. The van der Waals surface area contributed by atoms with Gasteiger partial charge in [0.05, 0.1) is 5.39 Å². The van der Waals surface area contributed by atoms with E-state index in [4.69, 9.17) is 39.2 Å². The third kappa shape index (κ3) is 1.67. The lowest BCUT2D eigenvalue weighted by atomic mass is 9.94. The Morgan fingerprint density at radius 1 is 1.29 bits per heavy atom. The van der Waals surface area contributed by atoms with Crippen molar-refractivity contribution < 1.29 is 4.42 Å². The minimum Gasteiger partial charge on any atom is -0.455 e. The largest absolute Gasteiger partial charge is 0.455 e. The van der Waals surface area contributed by atoms with Crippen LogP contribution < -0.4 is 0 Å². The highest BCUT2D eigenvalue weighted by Gasteiger charge is 2.23. The lowest BCUT2D eigenvalue weighted by Gasteiger charge is -2.10. The monoisotopic (exact) mass is 287 g/mol. The maximum Gasteiger partial charge on any atom is 0.159 e. The Morgan fingerprint density at radius 3 is 2.82 bits per heavy atom. The molecule has 0 spiro atoms. The van der Waals surface area contributed by atoms with Crippen molar-refractivity contribution in [1.82, 2.24) is 4.98 Å². The normalized spacial score (nSPS) is 18.7. The predicted octanol–water partition coefficient (Wildman–Crippen LogP) is 4.99. The number of hydrogen-bond acceptors (Lipinski definition) is 2. The highest BCUT2D eigenvalue weighted by molar-refractivity contribution is 6.46. The van der Waals surface area contributed by atoms with E-state index in [0.717, 1.165) is 23.1 Å². The first kappa shape index (κ1) is 11.4. The van der Waals surface area contributed by atoms with Crippen LogP contribution in [0.2, 0.25) is 15.3 Å². The molecule has 0 aromatic carbocycles. The summed E-state index contributed by atoms with van der Waals surface area (Å²) in [4.78, 5) is 4.02. The first-order valence-electron chi connectivity index (χ1n) is 5.22. The topological polar surface area (TPSA) is 26.0 Å². The minimum atomic E-state index is 0.173. The number of pyridine rings is 1. The number of furan rings is 1. The Labute approximate surface area is 113 Å². The van der Waals surface area contributed by atoms with E-state index in [0.29, 0.717) is 21.7 Å². The Kier molecular flexibility index (Phi) is 2.62. The molecule has 2 aromatic rings. The van der Waals surface area contributed by atoms with Gasteiger partial charge in [-0.05, 0) is 18.4 Å². The third-order valence-corrected chi connectivity index (χ3v) is 3.92. The van der Waals surface area contributed by atoms with Gasteiger partial charge < -0.3 is 4.42 Å². The smallest absolute Gasteiger partial charge is 0.159 e. The second-order valence-electron chi connectivity index (χ2n) is 4.20. The number of rotatable bonds is 0. The number of nitrogens with zero attached hydrogens (tertiary/aromatic N) is 1. The first-order valence-corrected chi connectivity index (χ1v) is 6.35. The summed E-state index contributed by atoms with van der Waals surface area (Å²) in [5.41, 5.74) is 1.59. The molecule has 0 saturated heterocycles. The van der Waals surface area contributed by atoms with E-state index in [1.807, 2.05) is 6.08 Å². The number of halogens is 3. The van der Waals surface area contributed by atoms with Crippen LogP contribution in [0, 0.1) is 5.92 Å². The molecule has 2 aromatic heterocycles. The van der Waals surface area contributed by atoms with E-state index >= 15 is 0 Å². The third-order valence-electron chi connectivity index (χ3n) is 2.92. The highest BCUT2D eigenvalue weighted by Crippen LogP contribution is 2.41. The molecule has 1 unspecified atom stereocenters. The molecule has 5 heteroatoms. The molecule has 0 amide bonds. The van der Waals surface area contributed by atoms with E-state index in [9.17, 15) is 0 Å². The van der Waals surface area contributed by atoms with Crippen LogP contribution in [-0.4, -0.2) is 4.98 Å². The SMILES string of the molecule is CC1C=Cc2oc3c(Cl)c(Cl)nc(Cl)c3c2C1. The lowest BCUT2D eigenvalue weighted by Crippen LogP contribution is -2.01. The van der Waals surface area contributed by atoms with Gasteiger partial charge in [-0.25, -0.2) is 4.98 Å². The van der Waals surface area contributed by atoms with Crippen molar-refractivity contribution >= 4 is 51.8 Å². The summed E-state index contributed by atoms with van der Waals surface area (Å²) in [6.45, 7) is 2.14. The number of allylic oxidation sites excluding steroid dienone is 1. The summed E-state index contributed by atoms with van der Waals surface area (Å²) in [6.07, 6.45) is 4.92. The minimum absolute atomic E-state index is 0.173. The summed E-state index contributed by atoms with van der Waals surface area (Å²) in [6, 6.07) is 0. The van der Waals surface area contributed by atoms with Crippen molar-refractivity contribution in [3.63, 3.8) is 0 Å². The fourth-order valence-electron chi connectivity index (χ4n) is 2.12. The number of aromatic nitrogens is 1. The standard InChI is InChI=1S/C12H8Cl3NO/c1-5-2-3-7-6(4-5)8-10(17-7)9(13)12(15)16-11(8)14/h2-3,5H,4H2,1H3. The molecule has 0 fully saturated rings. The molecule has 3 rings (SSSR count). The van der Waals surface area contributed by atoms with Gasteiger partial charge in [0, 0.05) is 5.56 Å². The van der Waals surface area contributed by atoms with E-state index < -0.39 is 0 Å².